The van der Waals surface area contributed by atoms with E-state index in [4.69, 9.17) is 11.5 Å². The molecule has 1 saturated heterocycles. The summed E-state index contributed by atoms with van der Waals surface area (Å²) in [7, 11) is -3.76. The van der Waals surface area contributed by atoms with Gasteiger partial charge in [-0.2, -0.15) is 8.42 Å². The Morgan fingerprint density at radius 3 is 2.26 bits per heavy atom. The number of likely N-dealkylation sites (tertiary alicyclic amines) is 1. The van der Waals surface area contributed by atoms with E-state index < -0.39 is 10.0 Å². The summed E-state index contributed by atoms with van der Waals surface area (Å²) in [6.07, 6.45) is 3.17. The van der Waals surface area contributed by atoms with Gasteiger partial charge in [0, 0.05) is 18.8 Å². The molecule has 19 heavy (non-hydrogen) atoms. The summed E-state index contributed by atoms with van der Waals surface area (Å²) >= 11 is 0. The Kier molecular flexibility index (Phi) is 3.94. The van der Waals surface area contributed by atoms with Gasteiger partial charge in [-0.3, -0.25) is 0 Å². The summed E-state index contributed by atoms with van der Waals surface area (Å²) in [6.45, 7) is 1.51. The van der Waals surface area contributed by atoms with Crippen LogP contribution in [0, 0.1) is 0 Å². The van der Waals surface area contributed by atoms with E-state index in [0.717, 1.165) is 32.4 Å². The Bertz CT molecular complexity index is 560. The van der Waals surface area contributed by atoms with Crippen LogP contribution in [0.15, 0.2) is 33.6 Å². The summed E-state index contributed by atoms with van der Waals surface area (Å²) in [5.74, 6) is 0.0662. The highest BCUT2D eigenvalue weighted by Crippen LogP contribution is 2.15. The molecule has 0 atom stereocenters. The molecule has 1 aromatic carbocycles. The SMILES string of the molecule is N/C(=N\S(=O)(=O)c1ccc(N)cc1)N1CCCCC1. The van der Waals surface area contributed by atoms with Crippen molar-refractivity contribution < 1.29 is 8.42 Å². The lowest BCUT2D eigenvalue weighted by Crippen LogP contribution is -2.41. The molecule has 1 aliphatic heterocycles. The molecular formula is C12H18N4O2S. The van der Waals surface area contributed by atoms with Gasteiger partial charge in [0.15, 0.2) is 0 Å². The van der Waals surface area contributed by atoms with Crippen molar-refractivity contribution in [2.75, 3.05) is 18.8 Å². The molecule has 1 aromatic rings. The molecule has 104 valence electrons. The highest BCUT2D eigenvalue weighted by atomic mass is 32.2. The number of benzene rings is 1. The first-order valence-electron chi connectivity index (χ1n) is 6.20. The minimum atomic E-state index is -3.76. The summed E-state index contributed by atoms with van der Waals surface area (Å²) < 4.78 is 27.8. The average molecular weight is 282 g/mol. The molecule has 1 aliphatic rings. The largest absolute Gasteiger partial charge is 0.399 e. The molecule has 2 rings (SSSR count). The van der Waals surface area contributed by atoms with Crippen molar-refractivity contribution in [1.82, 2.24) is 4.90 Å². The van der Waals surface area contributed by atoms with Crippen LogP contribution in [0.25, 0.3) is 0 Å². The second-order valence-corrected chi connectivity index (χ2v) is 6.15. The topological polar surface area (TPSA) is 102 Å². The first-order chi connectivity index (χ1) is 8.99. The predicted octanol–water partition coefficient (Wildman–Crippen LogP) is 0.758. The fourth-order valence-electron chi connectivity index (χ4n) is 2.00. The van der Waals surface area contributed by atoms with Gasteiger partial charge in [-0.25, -0.2) is 0 Å². The van der Waals surface area contributed by atoms with E-state index in [1.54, 1.807) is 4.90 Å². The molecule has 0 unspecified atom stereocenters. The fraction of sp³-hybridized carbons (Fsp3) is 0.417. The highest BCUT2D eigenvalue weighted by Gasteiger charge is 2.17. The second-order valence-electron chi connectivity index (χ2n) is 4.54. The molecule has 0 aromatic heterocycles. The summed E-state index contributed by atoms with van der Waals surface area (Å²) in [5.41, 5.74) is 11.8. The van der Waals surface area contributed by atoms with Crippen LogP contribution in [-0.2, 0) is 10.0 Å². The summed E-state index contributed by atoms with van der Waals surface area (Å²) in [5, 5.41) is 0. The maximum atomic E-state index is 12.1. The van der Waals surface area contributed by atoms with E-state index in [2.05, 4.69) is 4.40 Å². The number of rotatable bonds is 2. The minimum Gasteiger partial charge on any atom is -0.399 e. The lowest BCUT2D eigenvalue weighted by atomic mass is 10.1. The van der Waals surface area contributed by atoms with Crippen molar-refractivity contribution in [3.8, 4) is 0 Å². The van der Waals surface area contributed by atoms with Gasteiger partial charge in [-0.05, 0) is 43.5 Å². The standard InChI is InChI=1S/C12H18N4O2S/c13-10-4-6-11(7-5-10)19(17,18)15-12(14)16-8-2-1-3-9-16/h4-7H,1-3,8-9,13H2,(H2,14,15). The zero-order valence-corrected chi connectivity index (χ0v) is 11.4. The Morgan fingerprint density at radius 2 is 1.68 bits per heavy atom. The van der Waals surface area contributed by atoms with E-state index in [9.17, 15) is 8.42 Å². The molecule has 4 N–H and O–H groups in total. The second kappa shape index (κ2) is 5.48. The Hall–Kier alpha value is -1.76. The van der Waals surface area contributed by atoms with E-state index in [0.29, 0.717) is 5.69 Å². The van der Waals surface area contributed by atoms with Gasteiger partial charge in [-0.15, -0.1) is 4.40 Å². The van der Waals surface area contributed by atoms with Gasteiger partial charge in [0.1, 0.15) is 0 Å². The summed E-state index contributed by atoms with van der Waals surface area (Å²) in [6, 6.07) is 5.91. The van der Waals surface area contributed by atoms with Crippen LogP contribution in [-0.4, -0.2) is 32.4 Å². The zero-order valence-electron chi connectivity index (χ0n) is 10.6. The number of hydrogen-bond acceptors (Lipinski definition) is 3. The van der Waals surface area contributed by atoms with Gasteiger partial charge >= 0.3 is 0 Å². The van der Waals surface area contributed by atoms with Gasteiger partial charge in [0.25, 0.3) is 10.0 Å². The van der Waals surface area contributed by atoms with Crippen molar-refractivity contribution in [3.63, 3.8) is 0 Å². The van der Waals surface area contributed by atoms with Crippen molar-refractivity contribution in [1.29, 1.82) is 0 Å². The number of nitrogen functional groups attached to an aromatic ring is 1. The van der Waals surface area contributed by atoms with E-state index in [-0.39, 0.29) is 10.9 Å². The van der Waals surface area contributed by atoms with Gasteiger partial charge in [-0.1, -0.05) is 0 Å². The number of sulfonamides is 1. The number of hydrogen-bond donors (Lipinski definition) is 2. The summed E-state index contributed by atoms with van der Waals surface area (Å²) in [4.78, 5) is 1.90. The first-order valence-corrected chi connectivity index (χ1v) is 7.64. The smallest absolute Gasteiger partial charge is 0.285 e. The van der Waals surface area contributed by atoms with Gasteiger partial charge < -0.3 is 16.4 Å². The van der Waals surface area contributed by atoms with Gasteiger partial charge in [0.05, 0.1) is 4.90 Å². The van der Waals surface area contributed by atoms with E-state index in [1.807, 2.05) is 0 Å². The third kappa shape index (κ3) is 3.37. The monoisotopic (exact) mass is 282 g/mol. The van der Waals surface area contributed by atoms with Crippen molar-refractivity contribution >= 4 is 21.7 Å². The maximum absolute atomic E-state index is 12.1. The molecule has 0 bridgehead atoms. The number of piperidine rings is 1. The Labute approximate surface area is 113 Å². The minimum absolute atomic E-state index is 0.0662. The fourth-order valence-corrected chi connectivity index (χ4v) is 2.94. The van der Waals surface area contributed by atoms with Crippen LogP contribution in [0.1, 0.15) is 19.3 Å². The van der Waals surface area contributed by atoms with Crippen LogP contribution in [0.4, 0.5) is 5.69 Å². The van der Waals surface area contributed by atoms with Crippen molar-refractivity contribution in [3.05, 3.63) is 24.3 Å². The molecule has 0 aliphatic carbocycles. The third-order valence-corrected chi connectivity index (χ3v) is 4.37. The Balaban J connectivity index is 2.22. The predicted molar refractivity (Wildman–Crippen MR) is 75.1 cm³/mol. The number of nitrogens with two attached hydrogens (primary N) is 2. The number of nitrogens with zero attached hydrogens (tertiary/aromatic N) is 2. The molecule has 0 spiro atoms. The molecule has 1 fully saturated rings. The van der Waals surface area contributed by atoms with Crippen LogP contribution in [0.3, 0.4) is 0 Å². The van der Waals surface area contributed by atoms with Crippen LogP contribution in [0.2, 0.25) is 0 Å². The number of anilines is 1. The van der Waals surface area contributed by atoms with Gasteiger partial charge in [0.2, 0.25) is 5.96 Å². The van der Waals surface area contributed by atoms with Crippen molar-refractivity contribution in [2.45, 2.75) is 24.2 Å². The molecular weight excluding hydrogens is 264 g/mol. The lowest BCUT2D eigenvalue weighted by molar-refractivity contribution is 0.339. The van der Waals surface area contributed by atoms with Crippen LogP contribution >= 0.6 is 0 Å². The first kappa shape index (κ1) is 13.7. The third-order valence-electron chi connectivity index (χ3n) is 3.07. The lowest BCUT2D eigenvalue weighted by Gasteiger charge is -2.27. The molecule has 6 nitrogen and oxygen atoms in total. The van der Waals surface area contributed by atoms with Crippen LogP contribution in [0.5, 0.6) is 0 Å². The number of guanidine groups is 1. The highest BCUT2D eigenvalue weighted by molar-refractivity contribution is 7.90. The molecule has 0 saturated carbocycles. The molecule has 0 amide bonds. The van der Waals surface area contributed by atoms with E-state index >= 15 is 0 Å². The maximum Gasteiger partial charge on any atom is 0.285 e. The molecule has 1 heterocycles. The van der Waals surface area contributed by atoms with Crippen LogP contribution < -0.4 is 11.5 Å². The Morgan fingerprint density at radius 1 is 1.11 bits per heavy atom. The molecule has 7 heteroatoms. The quantitative estimate of drug-likeness (QED) is 0.473. The van der Waals surface area contributed by atoms with E-state index in [1.165, 1.54) is 24.3 Å². The average Bonchev–Trinajstić information content (AvgIpc) is 2.40. The molecule has 0 radical (unpaired) electrons. The normalized spacial score (nSPS) is 17.5. The zero-order chi connectivity index (χ0) is 13.9. The van der Waals surface area contributed by atoms with Crippen molar-refractivity contribution in [2.24, 2.45) is 10.1 Å².